The topological polar surface area (TPSA) is 111 Å². The van der Waals surface area contributed by atoms with Crippen molar-refractivity contribution in [3.05, 3.63) is 97.3 Å². The fourth-order valence-corrected chi connectivity index (χ4v) is 4.11. The SMILES string of the molecule is O=C(Nc1ccc2oc(-c3cc(I)ccc3Cl)nc2c1)c1ccc(-c2ccccc2[N+](=O)[O-])o1. The molecule has 0 atom stereocenters. The molecule has 0 aliphatic heterocycles. The average molecular weight is 586 g/mol. The third-order valence-electron chi connectivity index (χ3n) is 5.00. The number of aromatic nitrogens is 1. The molecule has 0 fully saturated rings. The van der Waals surface area contributed by atoms with Gasteiger partial charge in [0.1, 0.15) is 11.3 Å². The Morgan fingerprint density at radius 1 is 1.00 bits per heavy atom. The van der Waals surface area contributed by atoms with Gasteiger partial charge in [0.15, 0.2) is 11.3 Å². The van der Waals surface area contributed by atoms with Crippen LogP contribution in [-0.4, -0.2) is 15.8 Å². The van der Waals surface area contributed by atoms with Crippen LogP contribution in [0.3, 0.4) is 0 Å². The summed E-state index contributed by atoms with van der Waals surface area (Å²) in [6.07, 6.45) is 0. The number of fused-ring (bicyclic) bond motifs is 1. The van der Waals surface area contributed by atoms with Gasteiger partial charge in [0.05, 0.1) is 21.1 Å². The maximum atomic E-state index is 12.7. The molecule has 168 valence electrons. The highest BCUT2D eigenvalue weighted by Gasteiger charge is 2.20. The van der Waals surface area contributed by atoms with Crippen LogP contribution in [0.1, 0.15) is 10.6 Å². The lowest BCUT2D eigenvalue weighted by molar-refractivity contribution is -0.384. The summed E-state index contributed by atoms with van der Waals surface area (Å²) in [4.78, 5) is 28.0. The molecule has 3 aromatic carbocycles. The number of rotatable bonds is 5. The number of para-hydroxylation sites is 1. The van der Waals surface area contributed by atoms with Crippen LogP contribution in [-0.2, 0) is 0 Å². The molecule has 2 heterocycles. The number of amides is 1. The number of carbonyl (C=O) groups is 1. The molecule has 34 heavy (non-hydrogen) atoms. The van der Waals surface area contributed by atoms with E-state index in [0.29, 0.717) is 33.3 Å². The van der Waals surface area contributed by atoms with E-state index in [1.165, 1.54) is 18.2 Å². The van der Waals surface area contributed by atoms with Crippen molar-refractivity contribution in [2.75, 3.05) is 5.32 Å². The number of benzene rings is 3. The Morgan fingerprint density at radius 2 is 1.82 bits per heavy atom. The number of oxazole rings is 1. The second kappa shape index (κ2) is 8.92. The quantitative estimate of drug-likeness (QED) is 0.133. The Hall–Kier alpha value is -3.70. The Bertz CT molecular complexity index is 1580. The minimum Gasteiger partial charge on any atom is -0.451 e. The molecule has 0 saturated carbocycles. The number of nitrogens with one attached hydrogen (secondary N) is 1. The fourth-order valence-electron chi connectivity index (χ4n) is 3.42. The van der Waals surface area contributed by atoms with E-state index in [1.807, 2.05) is 12.1 Å². The van der Waals surface area contributed by atoms with Gasteiger partial charge in [0, 0.05) is 15.3 Å². The molecule has 0 saturated heterocycles. The van der Waals surface area contributed by atoms with E-state index in [0.717, 1.165) is 3.57 Å². The number of anilines is 1. The van der Waals surface area contributed by atoms with Crippen LogP contribution in [0.4, 0.5) is 11.4 Å². The molecule has 0 spiro atoms. The van der Waals surface area contributed by atoms with Crippen LogP contribution in [0.15, 0.2) is 81.6 Å². The minimum atomic E-state index is -0.506. The Balaban J connectivity index is 1.39. The van der Waals surface area contributed by atoms with E-state index < -0.39 is 10.8 Å². The molecule has 2 aromatic heterocycles. The number of nitro groups is 1. The molecule has 8 nitrogen and oxygen atoms in total. The second-order valence-electron chi connectivity index (χ2n) is 7.22. The zero-order valence-electron chi connectivity index (χ0n) is 17.1. The highest BCUT2D eigenvalue weighted by molar-refractivity contribution is 14.1. The molecular weight excluding hydrogens is 573 g/mol. The van der Waals surface area contributed by atoms with Crippen molar-refractivity contribution in [3.8, 4) is 22.8 Å². The van der Waals surface area contributed by atoms with Gasteiger partial charge in [0.25, 0.3) is 11.6 Å². The smallest absolute Gasteiger partial charge is 0.291 e. The third kappa shape index (κ3) is 4.27. The summed E-state index contributed by atoms with van der Waals surface area (Å²) < 4.78 is 12.4. The molecular formula is C24H13ClIN3O5. The zero-order chi connectivity index (χ0) is 23.8. The Morgan fingerprint density at radius 3 is 2.65 bits per heavy atom. The van der Waals surface area contributed by atoms with Gasteiger partial charge in [-0.05, 0) is 77.2 Å². The number of hydrogen-bond donors (Lipinski definition) is 1. The van der Waals surface area contributed by atoms with E-state index in [2.05, 4.69) is 32.9 Å². The lowest BCUT2D eigenvalue weighted by Gasteiger charge is -2.03. The molecule has 0 aliphatic rings. The van der Waals surface area contributed by atoms with Gasteiger partial charge >= 0.3 is 0 Å². The predicted octanol–water partition coefficient (Wildman–Crippen LogP) is 7.17. The lowest BCUT2D eigenvalue weighted by Crippen LogP contribution is -2.10. The van der Waals surface area contributed by atoms with Crippen molar-refractivity contribution in [2.45, 2.75) is 0 Å². The summed E-state index contributed by atoms with van der Waals surface area (Å²) in [6, 6.07) is 19.8. The number of nitrogens with zero attached hydrogens (tertiary/aromatic N) is 2. The molecule has 0 unspecified atom stereocenters. The first-order chi connectivity index (χ1) is 16.4. The van der Waals surface area contributed by atoms with E-state index >= 15 is 0 Å². The first-order valence-electron chi connectivity index (χ1n) is 9.90. The van der Waals surface area contributed by atoms with Crippen molar-refractivity contribution in [2.24, 2.45) is 0 Å². The third-order valence-corrected chi connectivity index (χ3v) is 6.00. The highest BCUT2D eigenvalue weighted by Crippen LogP contribution is 2.33. The van der Waals surface area contributed by atoms with Crippen LogP contribution in [0.25, 0.3) is 33.9 Å². The van der Waals surface area contributed by atoms with Crippen LogP contribution < -0.4 is 5.32 Å². The van der Waals surface area contributed by atoms with Crippen molar-refractivity contribution >= 4 is 62.6 Å². The van der Waals surface area contributed by atoms with Gasteiger partial charge in [-0.15, -0.1) is 0 Å². The molecule has 0 aliphatic carbocycles. The number of hydrogen-bond acceptors (Lipinski definition) is 6. The fraction of sp³-hybridized carbons (Fsp3) is 0. The first kappa shape index (κ1) is 22.1. The van der Waals surface area contributed by atoms with Crippen molar-refractivity contribution in [1.29, 1.82) is 0 Å². The summed E-state index contributed by atoms with van der Waals surface area (Å²) in [5.41, 5.74) is 2.42. The number of nitro benzene ring substituents is 1. The lowest BCUT2D eigenvalue weighted by atomic mass is 10.1. The molecule has 5 rings (SSSR count). The number of carbonyl (C=O) groups excluding carboxylic acids is 1. The summed E-state index contributed by atoms with van der Waals surface area (Å²) in [7, 11) is 0. The zero-order valence-corrected chi connectivity index (χ0v) is 20.0. The Labute approximate surface area is 210 Å². The molecule has 0 bridgehead atoms. The van der Waals surface area contributed by atoms with Gasteiger partial charge in [0.2, 0.25) is 5.89 Å². The summed E-state index contributed by atoms with van der Waals surface area (Å²) >= 11 is 8.48. The molecule has 1 N–H and O–H groups in total. The van der Waals surface area contributed by atoms with Crippen LogP contribution >= 0.6 is 34.2 Å². The molecule has 1 amide bonds. The van der Waals surface area contributed by atoms with Gasteiger partial charge in [-0.1, -0.05) is 23.7 Å². The monoisotopic (exact) mass is 585 g/mol. The molecule has 5 aromatic rings. The maximum absolute atomic E-state index is 12.7. The summed E-state index contributed by atoms with van der Waals surface area (Å²) in [5.74, 6) is 0.110. The largest absolute Gasteiger partial charge is 0.451 e. The first-order valence-corrected chi connectivity index (χ1v) is 11.4. The summed E-state index contributed by atoms with van der Waals surface area (Å²) in [6.45, 7) is 0. The van der Waals surface area contributed by atoms with Crippen molar-refractivity contribution in [3.63, 3.8) is 0 Å². The van der Waals surface area contributed by atoms with Crippen molar-refractivity contribution < 1.29 is 18.6 Å². The average Bonchev–Trinajstić information content (AvgIpc) is 3.48. The van der Waals surface area contributed by atoms with Gasteiger partial charge in [-0.25, -0.2) is 4.98 Å². The predicted molar refractivity (Wildman–Crippen MR) is 136 cm³/mol. The van der Waals surface area contributed by atoms with E-state index in [1.54, 1.807) is 42.5 Å². The van der Waals surface area contributed by atoms with E-state index in [9.17, 15) is 14.9 Å². The highest BCUT2D eigenvalue weighted by atomic mass is 127. The normalized spacial score (nSPS) is 11.0. The molecule has 0 radical (unpaired) electrons. The van der Waals surface area contributed by atoms with Gasteiger partial charge in [-0.2, -0.15) is 0 Å². The van der Waals surface area contributed by atoms with Crippen LogP contribution in [0, 0.1) is 13.7 Å². The maximum Gasteiger partial charge on any atom is 0.291 e. The van der Waals surface area contributed by atoms with Gasteiger partial charge in [-0.3, -0.25) is 14.9 Å². The van der Waals surface area contributed by atoms with Crippen molar-refractivity contribution in [1.82, 2.24) is 4.98 Å². The van der Waals surface area contributed by atoms with Gasteiger partial charge < -0.3 is 14.2 Å². The number of halogens is 2. The second-order valence-corrected chi connectivity index (χ2v) is 8.87. The Kier molecular flexibility index (Phi) is 5.80. The summed E-state index contributed by atoms with van der Waals surface area (Å²) in [5, 5.41) is 14.5. The van der Waals surface area contributed by atoms with Crippen LogP contribution in [0.2, 0.25) is 5.02 Å². The number of furan rings is 1. The minimum absolute atomic E-state index is 0.0136. The van der Waals surface area contributed by atoms with Crippen LogP contribution in [0.5, 0.6) is 0 Å². The molecule has 10 heteroatoms. The van der Waals surface area contributed by atoms with E-state index in [-0.39, 0.29) is 22.8 Å². The van der Waals surface area contributed by atoms with E-state index in [4.69, 9.17) is 20.4 Å². The standard InChI is InChI=1S/C24H13ClIN3O5/c25-17-7-5-13(26)11-16(17)24-28-18-12-14(6-8-21(18)34-24)27-23(30)22-10-9-20(33-22)15-3-1-2-4-19(15)29(31)32/h1-12H,(H,27,30).